The molecule has 0 bridgehead atoms. The molecule has 0 aliphatic carbocycles. The van der Waals surface area contributed by atoms with Gasteiger partial charge in [-0.1, -0.05) is 13.0 Å². The summed E-state index contributed by atoms with van der Waals surface area (Å²) in [6.45, 7) is 4.08. The van der Waals surface area contributed by atoms with Crippen LogP contribution in [0.2, 0.25) is 0 Å². The molecule has 5 heteroatoms. The first-order valence-electron chi connectivity index (χ1n) is 5.44. The number of pyridine rings is 1. The third kappa shape index (κ3) is 1.99. The van der Waals surface area contributed by atoms with Crippen LogP contribution in [-0.2, 0) is 0 Å². The lowest BCUT2D eigenvalue weighted by atomic mass is 10.2. The van der Waals surface area contributed by atoms with Crippen molar-refractivity contribution < 1.29 is 5.11 Å². The molecular formula is C11H16N4O. The summed E-state index contributed by atoms with van der Waals surface area (Å²) < 4.78 is 1.78. The van der Waals surface area contributed by atoms with Crippen molar-refractivity contribution in [3.8, 4) is 0 Å². The predicted molar refractivity (Wildman–Crippen MR) is 62.5 cm³/mol. The molecule has 0 saturated heterocycles. The number of aromatic nitrogens is 3. The number of hydrogen-bond acceptors (Lipinski definition) is 4. The van der Waals surface area contributed by atoms with E-state index < -0.39 is 0 Å². The van der Waals surface area contributed by atoms with Crippen LogP contribution in [0.1, 0.15) is 19.0 Å². The van der Waals surface area contributed by atoms with Gasteiger partial charge in [-0.05, 0) is 25.5 Å². The Morgan fingerprint density at radius 1 is 1.50 bits per heavy atom. The van der Waals surface area contributed by atoms with Gasteiger partial charge in [0.25, 0.3) is 0 Å². The molecule has 0 radical (unpaired) electrons. The molecule has 0 aliphatic heterocycles. The van der Waals surface area contributed by atoms with Gasteiger partial charge in [0.05, 0.1) is 12.6 Å². The largest absolute Gasteiger partial charge is 0.394 e. The van der Waals surface area contributed by atoms with Crippen LogP contribution in [0.15, 0.2) is 18.2 Å². The minimum absolute atomic E-state index is 0.0118. The monoisotopic (exact) mass is 220 g/mol. The number of rotatable bonds is 4. The molecule has 1 atom stereocenters. The van der Waals surface area contributed by atoms with Gasteiger partial charge in [0.2, 0.25) is 5.95 Å². The third-order valence-corrected chi connectivity index (χ3v) is 2.60. The molecule has 2 N–H and O–H groups in total. The summed E-state index contributed by atoms with van der Waals surface area (Å²) in [6, 6.07) is 5.85. The van der Waals surface area contributed by atoms with Gasteiger partial charge in [0.15, 0.2) is 5.65 Å². The Balaban J connectivity index is 2.29. The van der Waals surface area contributed by atoms with Crippen LogP contribution >= 0.6 is 0 Å². The van der Waals surface area contributed by atoms with Gasteiger partial charge in [0, 0.05) is 5.69 Å². The standard InChI is InChI=1S/C11H16N4O/c1-3-9(7-16)12-11-13-10-6-4-5-8(2)15(10)14-11/h4-6,9,16H,3,7H2,1-2H3,(H,12,14). The first-order valence-corrected chi connectivity index (χ1v) is 5.44. The summed E-state index contributed by atoms with van der Waals surface area (Å²) >= 11 is 0. The van der Waals surface area contributed by atoms with Crippen molar-refractivity contribution in [1.29, 1.82) is 0 Å². The molecule has 0 amide bonds. The number of aliphatic hydroxyl groups excluding tert-OH is 1. The maximum Gasteiger partial charge on any atom is 0.243 e. The number of hydrogen-bond donors (Lipinski definition) is 2. The van der Waals surface area contributed by atoms with E-state index in [1.54, 1.807) is 4.52 Å². The highest BCUT2D eigenvalue weighted by molar-refractivity contribution is 5.44. The lowest BCUT2D eigenvalue weighted by Crippen LogP contribution is -2.23. The van der Waals surface area contributed by atoms with E-state index >= 15 is 0 Å². The molecule has 0 saturated carbocycles. The first kappa shape index (κ1) is 10.9. The van der Waals surface area contributed by atoms with Gasteiger partial charge in [0.1, 0.15) is 0 Å². The Bertz CT molecular complexity index is 476. The second-order valence-electron chi connectivity index (χ2n) is 3.80. The summed E-state index contributed by atoms with van der Waals surface area (Å²) in [5, 5.41) is 16.5. The maximum absolute atomic E-state index is 9.09. The van der Waals surface area contributed by atoms with Crippen molar-refractivity contribution in [2.75, 3.05) is 11.9 Å². The van der Waals surface area contributed by atoms with Crippen molar-refractivity contribution in [2.24, 2.45) is 0 Å². The number of aryl methyl sites for hydroxylation is 1. The minimum Gasteiger partial charge on any atom is -0.394 e. The lowest BCUT2D eigenvalue weighted by Gasteiger charge is -2.11. The van der Waals surface area contributed by atoms with Crippen molar-refractivity contribution in [3.63, 3.8) is 0 Å². The Kier molecular flexibility index (Phi) is 3.05. The highest BCUT2D eigenvalue weighted by Gasteiger charge is 2.09. The zero-order chi connectivity index (χ0) is 11.5. The van der Waals surface area contributed by atoms with E-state index in [1.807, 2.05) is 32.0 Å². The second kappa shape index (κ2) is 4.49. The number of fused-ring (bicyclic) bond motifs is 1. The SMILES string of the molecule is CCC(CO)Nc1nc2cccc(C)n2n1. The number of nitrogens with one attached hydrogen (secondary N) is 1. The van der Waals surface area contributed by atoms with Crippen LogP contribution in [0.4, 0.5) is 5.95 Å². The number of anilines is 1. The van der Waals surface area contributed by atoms with Crippen LogP contribution < -0.4 is 5.32 Å². The summed E-state index contributed by atoms with van der Waals surface area (Å²) in [4.78, 5) is 4.34. The van der Waals surface area contributed by atoms with Crippen LogP contribution in [0, 0.1) is 6.92 Å². The fraction of sp³-hybridized carbons (Fsp3) is 0.455. The summed E-state index contributed by atoms with van der Waals surface area (Å²) in [7, 11) is 0. The van der Waals surface area contributed by atoms with E-state index in [0.29, 0.717) is 5.95 Å². The summed E-state index contributed by atoms with van der Waals surface area (Å²) in [5.74, 6) is 0.565. The number of nitrogens with zero attached hydrogens (tertiary/aromatic N) is 3. The van der Waals surface area contributed by atoms with E-state index in [1.165, 1.54) is 0 Å². The predicted octanol–water partition coefficient (Wildman–Crippen LogP) is 1.22. The molecule has 0 aliphatic rings. The Morgan fingerprint density at radius 2 is 2.31 bits per heavy atom. The van der Waals surface area contributed by atoms with Gasteiger partial charge >= 0.3 is 0 Å². The maximum atomic E-state index is 9.09. The van der Waals surface area contributed by atoms with Crippen LogP contribution in [0.5, 0.6) is 0 Å². The van der Waals surface area contributed by atoms with E-state index in [9.17, 15) is 0 Å². The molecule has 0 aromatic carbocycles. The van der Waals surface area contributed by atoms with Gasteiger partial charge < -0.3 is 10.4 Å². The molecule has 0 spiro atoms. The molecular weight excluding hydrogens is 204 g/mol. The Morgan fingerprint density at radius 3 is 2.94 bits per heavy atom. The van der Waals surface area contributed by atoms with Crippen molar-refractivity contribution in [3.05, 3.63) is 23.9 Å². The first-order chi connectivity index (χ1) is 7.74. The molecule has 2 rings (SSSR count). The fourth-order valence-electron chi connectivity index (χ4n) is 1.56. The van der Waals surface area contributed by atoms with Crippen LogP contribution in [-0.4, -0.2) is 32.4 Å². The van der Waals surface area contributed by atoms with E-state index in [4.69, 9.17) is 5.11 Å². The van der Waals surface area contributed by atoms with Gasteiger partial charge in [-0.2, -0.15) is 4.98 Å². The van der Waals surface area contributed by atoms with Crippen molar-refractivity contribution >= 4 is 11.6 Å². The highest BCUT2D eigenvalue weighted by atomic mass is 16.3. The van der Waals surface area contributed by atoms with Crippen molar-refractivity contribution in [1.82, 2.24) is 14.6 Å². The zero-order valence-corrected chi connectivity index (χ0v) is 9.51. The average Bonchev–Trinajstić information content (AvgIpc) is 2.70. The minimum atomic E-state index is 0.0118. The molecule has 1 unspecified atom stereocenters. The molecule has 2 aromatic heterocycles. The summed E-state index contributed by atoms with van der Waals surface area (Å²) in [5.41, 5.74) is 1.85. The Hall–Kier alpha value is -1.62. The molecule has 16 heavy (non-hydrogen) atoms. The Labute approximate surface area is 94.1 Å². The lowest BCUT2D eigenvalue weighted by molar-refractivity contribution is 0.271. The molecule has 86 valence electrons. The summed E-state index contributed by atoms with van der Waals surface area (Å²) in [6.07, 6.45) is 0.838. The average molecular weight is 220 g/mol. The van der Waals surface area contributed by atoms with Crippen LogP contribution in [0.25, 0.3) is 5.65 Å². The third-order valence-electron chi connectivity index (χ3n) is 2.60. The van der Waals surface area contributed by atoms with Gasteiger partial charge in [-0.3, -0.25) is 0 Å². The molecule has 5 nitrogen and oxygen atoms in total. The van der Waals surface area contributed by atoms with E-state index in [2.05, 4.69) is 15.4 Å². The van der Waals surface area contributed by atoms with Crippen molar-refractivity contribution in [2.45, 2.75) is 26.3 Å². The molecule has 0 fully saturated rings. The molecule has 2 aromatic rings. The molecule has 2 heterocycles. The van der Waals surface area contributed by atoms with Gasteiger partial charge in [-0.15, -0.1) is 5.10 Å². The van der Waals surface area contributed by atoms with E-state index in [0.717, 1.165) is 17.8 Å². The highest BCUT2D eigenvalue weighted by Crippen LogP contribution is 2.09. The topological polar surface area (TPSA) is 62.5 Å². The number of aliphatic hydroxyl groups is 1. The smallest absolute Gasteiger partial charge is 0.243 e. The van der Waals surface area contributed by atoms with Gasteiger partial charge in [-0.25, -0.2) is 4.52 Å². The quantitative estimate of drug-likeness (QED) is 0.813. The van der Waals surface area contributed by atoms with Crippen LogP contribution in [0.3, 0.4) is 0 Å². The van der Waals surface area contributed by atoms with E-state index in [-0.39, 0.29) is 12.6 Å². The zero-order valence-electron chi connectivity index (χ0n) is 9.51. The normalized spacial score (nSPS) is 12.9. The fourth-order valence-corrected chi connectivity index (χ4v) is 1.56. The second-order valence-corrected chi connectivity index (χ2v) is 3.80.